The van der Waals surface area contributed by atoms with Gasteiger partial charge >= 0.3 is 0 Å². The highest BCUT2D eigenvalue weighted by molar-refractivity contribution is 5.93. The van der Waals surface area contributed by atoms with Crippen LogP contribution in [0.15, 0.2) is 53.3 Å². The number of anilines is 2. The van der Waals surface area contributed by atoms with Gasteiger partial charge in [0.15, 0.2) is 0 Å². The molecule has 3 rings (SSSR count). The molecule has 8 nitrogen and oxygen atoms in total. The lowest BCUT2D eigenvalue weighted by atomic mass is 10.2. The highest BCUT2D eigenvalue weighted by Crippen LogP contribution is 2.17. The molecule has 0 aliphatic heterocycles. The van der Waals surface area contributed by atoms with E-state index in [0.717, 1.165) is 4.68 Å². The minimum absolute atomic E-state index is 0.0870. The molecule has 0 radical (unpaired) electrons. The number of hydrogen-bond acceptors (Lipinski definition) is 5. The number of carbonyl (C=O) groups is 2. The van der Waals surface area contributed by atoms with E-state index in [1.54, 1.807) is 55.6 Å². The van der Waals surface area contributed by atoms with Gasteiger partial charge in [0, 0.05) is 25.3 Å². The number of amides is 2. The Morgan fingerprint density at radius 2 is 1.81 bits per heavy atom. The van der Waals surface area contributed by atoms with E-state index in [9.17, 15) is 14.4 Å². The average molecular weight is 351 g/mol. The molecule has 8 heteroatoms. The van der Waals surface area contributed by atoms with Crippen LogP contribution in [-0.4, -0.2) is 33.9 Å². The quantitative estimate of drug-likeness (QED) is 0.766. The fraction of sp³-hybridized carbons (Fsp3) is 0.167. The summed E-state index contributed by atoms with van der Waals surface area (Å²) in [6.07, 6.45) is 0. The normalized spacial score (nSPS) is 10.5. The maximum atomic E-state index is 12.3. The Labute approximate surface area is 149 Å². The zero-order valence-electron chi connectivity index (χ0n) is 14.3. The van der Waals surface area contributed by atoms with Crippen molar-refractivity contribution in [3.63, 3.8) is 0 Å². The first-order valence-corrected chi connectivity index (χ1v) is 7.92. The van der Waals surface area contributed by atoms with E-state index in [-0.39, 0.29) is 18.0 Å². The molecule has 0 spiro atoms. The molecule has 132 valence electrons. The van der Waals surface area contributed by atoms with Gasteiger partial charge in [-0.25, -0.2) is 4.68 Å². The van der Waals surface area contributed by atoms with E-state index in [4.69, 9.17) is 0 Å². The molecule has 0 aliphatic rings. The molecule has 2 amide bonds. The Balaban J connectivity index is 1.72. The van der Waals surface area contributed by atoms with Crippen LogP contribution in [0.1, 0.15) is 6.92 Å². The monoisotopic (exact) mass is 351 g/mol. The summed E-state index contributed by atoms with van der Waals surface area (Å²) in [5.41, 5.74) is 1.38. The highest BCUT2D eigenvalue weighted by Gasteiger charge is 2.10. The minimum atomic E-state index is -0.399. The van der Waals surface area contributed by atoms with Crippen molar-refractivity contribution in [2.45, 2.75) is 13.5 Å². The van der Waals surface area contributed by atoms with E-state index in [1.165, 1.54) is 11.8 Å². The number of hydrogen-bond donors (Lipinski definition) is 1. The maximum Gasteiger partial charge on any atom is 0.278 e. The van der Waals surface area contributed by atoms with Gasteiger partial charge in [-0.15, -0.1) is 5.10 Å². The fourth-order valence-corrected chi connectivity index (χ4v) is 2.41. The van der Waals surface area contributed by atoms with Gasteiger partial charge in [0.25, 0.3) is 5.56 Å². The molecule has 0 saturated carbocycles. The molecule has 0 unspecified atom stereocenters. The smallest absolute Gasteiger partial charge is 0.278 e. The second-order valence-electron chi connectivity index (χ2n) is 5.74. The topological polar surface area (TPSA) is 97.2 Å². The summed E-state index contributed by atoms with van der Waals surface area (Å²) < 4.78 is 1.02. The molecule has 0 bridgehead atoms. The molecular weight excluding hydrogens is 334 g/mol. The molecule has 1 N–H and O–H groups in total. The van der Waals surface area contributed by atoms with E-state index in [0.29, 0.717) is 22.3 Å². The van der Waals surface area contributed by atoms with Crippen molar-refractivity contribution in [1.29, 1.82) is 0 Å². The van der Waals surface area contributed by atoms with Crippen LogP contribution in [0.2, 0.25) is 0 Å². The lowest BCUT2D eigenvalue weighted by molar-refractivity contribution is -0.117. The summed E-state index contributed by atoms with van der Waals surface area (Å²) in [4.78, 5) is 37.4. The largest absolute Gasteiger partial charge is 0.324 e. The number of aromatic nitrogens is 3. The zero-order chi connectivity index (χ0) is 18.7. The van der Waals surface area contributed by atoms with Crippen LogP contribution in [0, 0.1) is 0 Å². The van der Waals surface area contributed by atoms with E-state index in [2.05, 4.69) is 15.6 Å². The van der Waals surface area contributed by atoms with Crippen LogP contribution in [0.25, 0.3) is 10.9 Å². The first-order valence-electron chi connectivity index (χ1n) is 7.92. The van der Waals surface area contributed by atoms with Gasteiger partial charge in [0.2, 0.25) is 11.8 Å². The van der Waals surface area contributed by atoms with Crippen LogP contribution in [-0.2, 0) is 16.1 Å². The Bertz CT molecular complexity index is 1030. The minimum Gasteiger partial charge on any atom is -0.324 e. The highest BCUT2D eigenvalue weighted by atomic mass is 16.2. The Morgan fingerprint density at radius 3 is 2.50 bits per heavy atom. The second kappa shape index (κ2) is 7.14. The predicted molar refractivity (Wildman–Crippen MR) is 98.0 cm³/mol. The Morgan fingerprint density at radius 1 is 1.12 bits per heavy atom. The summed E-state index contributed by atoms with van der Waals surface area (Å²) in [5.74, 6) is -0.486. The lowest BCUT2D eigenvalue weighted by Gasteiger charge is -2.15. The number of carbonyl (C=O) groups excluding carboxylic acids is 2. The molecular formula is C18H17N5O3. The van der Waals surface area contributed by atoms with E-state index < -0.39 is 5.91 Å². The second-order valence-corrected chi connectivity index (χ2v) is 5.74. The van der Waals surface area contributed by atoms with Crippen LogP contribution in [0.3, 0.4) is 0 Å². The van der Waals surface area contributed by atoms with Gasteiger partial charge in [0.05, 0.1) is 5.39 Å². The molecule has 0 atom stereocenters. The van der Waals surface area contributed by atoms with Crippen LogP contribution >= 0.6 is 0 Å². The van der Waals surface area contributed by atoms with Gasteiger partial charge in [0.1, 0.15) is 12.1 Å². The first kappa shape index (κ1) is 17.3. The summed E-state index contributed by atoms with van der Waals surface area (Å²) >= 11 is 0. The molecule has 26 heavy (non-hydrogen) atoms. The summed E-state index contributed by atoms with van der Waals surface area (Å²) in [6.45, 7) is 1.23. The number of nitrogens with zero attached hydrogens (tertiary/aromatic N) is 4. The van der Waals surface area contributed by atoms with Gasteiger partial charge < -0.3 is 10.2 Å². The van der Waals surface area contributed by atoms with Crippen LogP contribution < -0.4 is 15.8 Å². The third-order valence-electron chi connectivity index (χ3n) is 3.93. The molecule has 1 aromatic heterocycles. The predicted octanol–water partition coefficient (Wildman–Crippen LogP) is 1.41. The van der Waals surface area contributed by atoms with Gasteiger partial charge in [-0.3, -0.25) is 14.4 Å². The van der Waals surface area contributed by atoms with Crippen molar-refractivity contribution >= 4 is 34.1 Å². The van der Waals surface area contributed by atoms with Gasteiger partial charge in [-0.2, -0.15) is 0 Å². The maximum absolute atomic E-state index is 12.3. The SMILES string of the molecule is CC(=O)N(C)c1ccc(NC(=O)Cn2nnc3ccccc3c2=O)cc1. The van der Waals surface area contributed by atoms with Crippen LogP contribution in [0.5, 0.6) is 0 Å². The summed E-state index contributed by atoms with van der Waals surface area (Å²) in [5, 5.41) is 10.8. The Hall–Kier alpha value is -3.55. The van der Waals surface area contributed by atoms with E-state index in [1.807, 2.05) is 0 Å². The third kappa shape index (κ3) is 3.59. The molecule has 0 saturated heterocycles. The average Bonchev–Trinajstić information content (AvgIpc) is 2.64. The molecule has 3 aromatic rings. The van der Waals surface area contributed by atoms with Crippen molar-refractivity contribution in [3.05, 3.63) is 58.9 Å². The van der Waals surface area contributed by atoms with Crippen molar-refractivity contribution in [2.75, 3.05) is 17.3 Å². The molecule has 0 fully saturated rings. The number of rotatable bonds is 4. The van der Waals surface area contributed by atoms with Crippen molar-refractivity contribution in [2.24, 2.45) is 0 Å². The zero-order valence-corrected chi connectivity index (χ0v) is 14.3. The number of nitrogens with one attached hydrogen (secondary N) is 1. The number of benzene rings is 2. The van der Waals surface area contributed by atoms with Crippen molar-refractivity contribution in [3.8, 4) is 0 Å². The molecule has 1 heterocycles. The molecule has 2 aromatic carbocycles. The first-order chi connectivity index (χ1) is 12.5. The fourth-order valence-electron chi connectivity index (χ4n) is 2.41. The standard InChI is InChI=1S/C18H17N5O3/c1-12(24)22(2)14-9-7-13(8-10-14)19-17(25)11-23-18(26)15-5-3-4-6-16(15)20-21-23/h3-10H,11H2,1-2H3,(H,19,25). The third-order valence-corrected chi connectivity index (χ3v) is 3.93. The summed E-state index contributed by atoms with van der Waals surface area (Å²) in [6, 6.07) is 13.6. The van der Waals surface area contributed by atoms with Gasteiger partial charge in [-0.1, -0.05) is 17.3 Å². The summed E-state index contributed by atoms with van der Waals surface area (Å²) in [7, 11) is 1.67. The number of fused-ring (bicyclic) bond motifs is 1. The van der Waals surface area contributed by atoms with Crippen molar-refractivity contribution in [1.82, 2.24) is 15.0 Å². The Kier molecular flexibility index (Phi) is 4.74. The lowest BCUT2D eigenvalue weighted by Crippen LogP contribution is -2.30. The van der Waals surface area contributed by atoms with Crippen LogP contribution in [0.4, 0.5) is 11.4 Å². The molecule has 0 aliphatic carbocycles. The van der Waals surface area contributed by atoms with Crippen molar-refractivity contribution < 1.29 is 9.59 Å². The van der Waals surface area contributed by atoms with Gasteiger partial charge in [-0.05, 0) is 36.4 Å². The van der Waals surface area contributed by atoms with E-state index >= 15 is 0 Å².